The first-order valence-corrected chi connectivity index (χ1v) is 13.2. The second kappa shape index (κ2) is 13.4. The number of hydrogen-bond acceptors (Lipinski definition) is 7. The van der Waals surface area contributed by atoms with Crippen LogP contribution < -0.4 is 5.32 Å². The predicted octanol–water partition coefficient (Wildman–Crippen LogP) is 3.52. The molecule has 0 aliphatic carbocycles. The Hall–Kier alpha value is -3.46. The van der Waals surface area contributed by atoms with Crippen molar-refractivity contribution < 1.29 is 28.6 Å². The smallest absolute Gasteiger partial charge is 0.329 e. The zero-order valence-corrected chi connectivity index (χ0v) is 22.7. The van der Waals surface area contributed by atoms with Crippen molar-refractivity contribution in [3.8, 4) is 0 Å². The first-order valence-electron chi connectivity index (χ1n) is 13.2. The zero-order chi connectivity index (χ0) is 27.8. The number of fused-ring (bicyclic) bond motifs is 3. The molecule has 1 aromatic heterocycles. The number of esters is 1. The Balaban J connectivity index is 1.85. The van der Waals surface area contributed by atoms with Gasteiger partial charge in [0.2, 0.25) is 5.91 Å². The number of carbonyl (C=O) groups is 3. The third-order valence-corrected chi connectivity index (χ3v) is 6.66. The van der Waals surface area contributed by atoms with Crippen LogP contribution >= 0.6 is 0 Å². The molecule has 4 atom stereocenters. The molecular weight excluding hydrogens is 486 g/mol. The quantitative estimate of drug-likeness (QED) is 0.425. The molecule has 9 nitrogen and oxygen atoms in total. The van der Waals surface area contributed by atoms with Crippen molar-refractivity contribution >= 4 is 17.8 Å². The number of carbonyl (C=O) groups excluding carboxylic acids is 3. The third-order valence-electron chi connectivity index (χ3n) is 6.66. The lowest BCUT2D eigenvalue weighted by atomic mass is 9.94. The summed E-state index contributed by atoms with van der Waals surface area (Å²) in [6, 6.07) is -0.711. The van der Waals surface area contributed by atoms with Gasteiger partial charge in [0.1, 0.15) is 18.4 Å². The number of aliphatic hydroxyl groups excluding tert-OH is 1. The van der Waals surface area contributed by atoms with Crippen LogP contribution in [0.4, 0.5) is 0 Å². The van der Waals surface area contributed by atoms with Crippen molar-refractivity contribution in [3.63, 3.8) is 0 Å². The molecule has 1 aromatic rings. The zero-order valence-electron chi connectivity index (χ0n) is 22.7. The van der Waals surface area contributed by atoms with Crippen LogP contribution in [0.1, 0.15) is 63.3 Å². The molecule has 0 saturated carbocycles. The normalized spacial score (nSPS) is 29.7. The minimum atomic E-state index is -0.755. The molecule has 2 aliphatic heterocycles. The lowest BCUT2D eigenvalue weighted by molar-refractivity contribution is -0.158. The van der Waals surface area contributed by atoms with Crippen molar-refractivity contribution in [1.29, 1.82) is 0 Å². The molecule has 9 heteroatoms. The van der Waals surface area contributed by atoms with E-state index in [4.69, 9.17) is 9.15 Å². The molecular formula is C29H39N3O6. The SMILES string of the molecule is C=C1Cc2nc(co2)C(=O)N2CCC[C@@H]2C(=O)OC(C(C)C)C(C)/C=C/C(=O)NC/C=C/C(C)=C/C(O)C1. The summed E-state index contributed by atoms with van der Waals surface area (Å²) in [5, 5.41) is 13.2. The van der Waals surface area contributed by atoms with Gasteiger partial charge in [0.15, 0.2) is 11.6 Å². The van der Waals surface area contributed by atoms with Gasteiger partial charge < -0.3 is 24.5 Å². The van der Waals surface area contributed by atoms with Gasteiger partial charge >= 0.3 is 5.97 Å². The van der Waals surface area contributed by atoms with E-state index in [0.29, 0.717) is 43.8 Å². The van der Waals surface area contributed by atoms with E-state index in [1.165, 1.54) is 17.2 Å². The van der Waals surface area contributed by atoms with Gasteiger partial charge in [-0.25, -0.2) is 9.78 Å². The molecule has 0 radical (unpaired) electrons. The molecule has 3 unspecified atom stereocenters. The minimum Gasteiger partial charge on any atom is -0.460 e. The number of amides is 2. The van der Waals surface area contributed by atoms with E-state index in [2.05, 4.69) is 16.9 Å². The van der Waals surface area contributed by atoms with Crippen LogP contribution in [0, 0.1) is 11.8 Å². The number of allylic oxidation sites excluding steroid dienone is 2. The highest BCUT2D eigenvalue weighted by Crippen LogP contribution is 2.25. The number of hydrogen-bond donors (Lipinski definition) is 2. The average Bonchev–Trinajstić information content (AvgIpc) is 3.52. The Labute approximate surface area is 224 Å². The maximum absolute atomic E-state index is 13.2. The maximum atomic E-state index is 13.2. The van der Waals surface area contributed by atoms with Crippen LogP contribution in [-0.4, -0.2) is 64.1 Å². The summed E-state index contributed by atoms with van der Waals surface area (Å²) < 4.78 is 11.4. The number of nitrogens with one attached hydrogen (secondary N) is 1. The van der Waals surface area contributed by atoms with Gasteiger partial charge in [0, 0.05) is 25.4 Å². The third kappa shape index (κ3) is 8.02. The molecule has 206 valence electrons. The van der Waals surface area contributed by atoms with E-state index in [9.17, 15) is 19.5 Å². The highest BCUT2D eigenvalue weighted by Gasteiger charge is 2.38. The Morgan fingerprint density at radius 3 is 2.74 bits per heavy atom. The highest BCUT2D eigenvalue weighted by molar-refractivity contribution is 5.95. The Kier molecular flexibility index (Phi) is 10.2. The monoisotopic (exact) mass is 525 g/mol. The first-order chi connectivity index (χ1) is 18.0. The fraction of sp³-hybridized carbons (Fsp3) is 0.517. The second-order valence-corrected chi connectivity index (χ2v) is 10.4. The van der Waals surface area contributed by atoms with Crippen LogP contribution in [0.25, 0.3) is 0 Å². The molecule has 0 spiro atoms. The highest BCUT2D eigenvalue weighted by atomic mass is 16.5. The summed E-state index contributed by atoms with van der Waals surface area (Å²) in [6.45, 7) is 12.4. The van der Waals surface area contributed by atoms with Crippen molar-refractivity contribution in [3.05, 3.63) is 66.0 Å². The van der Waals surface area contributed by atoms with Crippen LogP contribution in [0.15, 0.2) is 58.8 Å². The summed E-state index contributed by atoms with van der Waals surface area (Å²) in [5.41, 5.74) is 1.66. The summed E-state index contributed by atoms with van der Waals surface area (Å²) in [7, 11) is 0. The van der Waals surface area contributed by atoms with Crippen molar-refractivity contribution in [2.24, 2.45) is 11.8 Å². The van der Waals surface area contributed by atoms with Crippen LogP contribution in [0.3, 0.4) is 0 Å². The Morgan fingerprint density at radius 1 is 1.24 bits per heavy atom. The minimum absolute atomic E-state index is 0.000869. The summed E-state index contributed by atoms with van der Waals surface area (Å²) >= 11 is 0. The van der Waals surface area contributed by atoms with E-state index >= 15 is 0 Å². The number of aliphatic hydroxyl groups is 1. The van der Waals surface area contributed by atoms with Crippen LogP contribution in [-0.2, 0) is 20.7 Å². The van der Waals surface area contributed by atoms with Gasteiger partial charge in [0.05, 0.1) is 6.10 Å². The van der Waals surface area contributed by atoms with Crippen molar-refractivity contribution in [1.82, 2.24) is 15.2 Å². The molecule has 2 bridgehead atoms. The number of ether oxygens (including phenoxy) is 1. The van der Waals surface area contributed by atoms with E-state index in [-0.39, 0.29) is 35.8 Å². The van der Waals surface area contributed by atoms with E-state index in [1.54, 1.807) is 18.2 Å². The molecule has 1 fully saturated rings. The summed E-state index contributed by atoms with van der Waals surface area (Å²) in [6.07, 6.45) is 10.3. The lowest BCUT2D eigenvalue weighted by Gasteiger charge is -2.29. The van der Waals surface area contributed by atoms with Gasteiger partial charge in [-0.15, -0.1) is 0 Å². The molecule has 38 heavy (non-hydrogen) atoms. The van der Waals surface area contributed by atoms with Gasteiger partial charge in [-0.2, -0.15) is 0 Å². The predicted molar refractivity (Wildman–Crippen MR) is 143 cm³/mol. The first kappa shape index (κ1) is 29.1. The fourth-order valence-electron chi connectivity index (χ4n) is 4.77. The summed E-state index contributed by atoms with van der Waals surface area (Å²) in [4.78, 5) is 44.5. The lowest BCUT2D eigenvalue weighted by Crippen LogP contribution is -2.44. The molecule has 2 aliphatic rings. The number of nitrogens with zero attached hydrogens (tertiary/aromatic N) is 2. The number of cyclic esters (lactones) is 1. The Morgan fingerprint density at radius 2 is 2.00 bits per heavy atom. The van der Waals surface area contributed by atoms with Gasteiger partial charge in [-0.3, -0.25) is 9.59 Å². The summed E-state index contributed by atoms with van der Waals surface area (Å²) in [5.74, 6) is -1.01. The van der Waals surface area contributed by atoms with E-state index in [1.807, 2.05) is 33.8 Å². The number of rotatable bonds is 1. The number of aromatic nitrogens is 1. The fourth-order valence-corrected chi connectivity index (χ4v) is 4.77. The maximum Gasteiger partial charge on any atom is 0.329 e. The van der Waals surface area contributed by atoms with E-state index < -0.39 is 24.2 Å². The van der Waals surface area contributed by atoms with Crippen molar-refractivity contribution in [2.45, 2.75) is 71.6 Å². The van der Waals surface area contributed by atoms with Gasteiger partial charge in [0.25, 0.3) is 5.91 Å². The molecule has 2 amide bonds. The largest absolute Gasteiger partial charge is 0.460 e. The number of oxazole rings is 1. The van der Waals surface area contributed by atoms with E-state index in [0.717, 1.165) is 5.57 Å². The second-order valence-electron chi connectivity index (χ2n) is 10.4. The van der Waals surface area contributed by atoms with Crippen molar-refractivity contribution in [2.75, 3.05) is 13.1 Å². The van der Waals surface area contributed by atoms with Gasteiger partial charge in [-0.05, 0) is 38.2 Å². The Bertz CT molecular complexity index is 1120. The van der Waals surface area contributed by atoms with Gasteiger partial charge in [-0.1, -0.05) is 62.8 Å². The molecule has 2 N–H and O–H groups in total. The van der Waals surface area contributed by atoms with Crippen LogP contribution in [0.2, 0.25) is 0 Å². The molecule has 1 saturated heterocycles. The standard InChI is InChI=1S/C29H39N3O6/c1-18(2)27-21(5)10-11-25(34)30-12-6-8-19(3)14-22(33)15-20(4)16-26-31-23(17-37-26)28(35)32-13-7-9-24(32)29(36)38-27/h6,8,10-11,14,17-18,21-22,24,27,33H,4,7,9,12-13,15-16H2,1-3,5H3,(H,30,34)/b8-6+,11-10+,19-14+/t21?,22?,24-,27?/m1/s1. The molecule has 0 aromatic carbocycles. The topological polar surface area (TPSA) is 122 Å². The average molecular weight is 526 g/mol. The molecule has 3 heterocycles. The molecule has 3 rings (SSSR count). The van der Waals surface area contributed by atoms with Crippen LogP contribution in [0.5, 0.6) is 0 Å².